The zero-order chi connectivity index (χ0) is 11.7. The highest BCUT2D eigenvalue weighted by molar-refractivity contribution is 6.36. The number of hydrogen-bond donors (Lipinski definition) is 1. The first-order chi connectivity index (χ1) is 7.59. The predicted molar refractivity (Wildman–Crippen MR) is 68.1 cm³/mol. The molecular formula is C12H12Cl2N2. The Kier molecular flexibility index (Phi) is 3.22. The summed E-state index contributed by atoms with van der Waals surface area (Å²) in [6.45, 7) is 4.14. The van der Waals surface area contributed by atoms with Crippen molar-refractivity contribution in [2.45, 2.75) is 19.8 Å². The van der Waals surface area contributed by atoms with Gasteiger partial charge >= 0.3 is 0 Å². The molecule has 0 amide bonds. The molecule has 2 nitrogen and oxygen atoms in total. The van der Waals surface area contributed by atoms with E-state index in [4.69, 9.17) is 23.2 Å². The Hall–Kier alpha value is -0.990. The molecule has 16 heavy (non-hydrogen) atoms. The van der Waals surface area contributed by atoms with Crippen LogP contribution >= 0.6 is 23.2 Å². The lowest BCUT2D eigenvalue weighted by Crippen LogP contribution is -1.92. The second-order valence-electron chi connectivity index (χ2n) is 3.98. The van der Waals surface area contributed by atoms with Gasteiger partial charge in [-0.15, -0.1) is 0 Å². The number of aromatic amines is 1. The first kappa shape index (κ1) is 11.5. The summed E-state index contributed by atoms with van der Waals surface area (Å²) in [6.07, 6.45) is 1.70. The van der Waals surface area contributed by atoms with Crippen molar-refractivity contribution in [3.05, 3.63) is 40.0 Å². The van der Waals surface area contributed by atoms with E-state index < -0.39 is 0 Å². The molecule has 84 valence electrons. The van der Waals surface area contributed by atoms with E-state index in [9.17, 15) is 0 Å². The molecule has 0 aliphatic carbocycles. The van der Waals surface area contributed by atoms with Crippen molar-refractivity contribution >= 4 is 23.2 Å². The largest absolute Gasteiger partial charge is 0.278 e. The third kappa shape index (κ3) is 2.08. The van der Waals surface area contributed by atoms with Crippen molar-refractivity contribution in [3.8, 4) is 11.3 Å². The van der Waals surface area contributed by atoms with E-state index in [-0.39, 0.29) is 0 Å². The molecule has 0 radical (unpaired) electrons. The fourth-order valence-corrected chi connectivity index (χ4v) is 2.63. The molecule has 0 aliphatic heterocycles. The maximum Gasteiger partial charge on any atom is 0.0651 e. The highest BCUT2D eigenvalue weighted by Crippen LogP contribution is 2.35. The van der Waals surface area contributed by atoms with Crippen LogP contribution in [0.25, 0.3) is 11.3 Å². The quantitative estimate of drug-likeness (QED) is 0.840. The average Bonchev–Trinajstić information content (AvgIpc) is 2.67. The van der Waals surface area contributed by atoms with E-state index in [1.165, 1.54) is 0 Å². The van der Waals surface area contributed by atoms with Gasteiger partial charge in [0.1, 0.15) is 0 Å². The first-order valence-electron chi connectivity index (χ1n) is 5.08. The van der Waals surface area contributed by atoms with Crippen molar-refractivity contribution in [3.63, 3.8) is 0 Å². The van der Waals surface area contributed by atoms with Gasteiger partial charge in [-0.1, -0.05) is 37.0 Å². The van der Waals surface area contributed by atoms with Crippen molar-refractivity contribution in [1.82, 2.24) is 10.2 Å². The maximum atomic E-state index is 6.23. The minimum Gasteiger partial charge on any atom is -0.278 e. The van der Waals surface area contributed by atoms with E-state index in [2.05, 4.69) is 24.0 Å². The van der Waals surface area contributed by atoms with Crippen LogP contribution in [0.1, 0.15) is 25.3 Å². The van der Waals surface area contributed by atoms with Gasteiger partial charge in [0, 0.05) is 21.8 Å². The third-order valence-electron chi connectivity index (χ3n) is 2.47. The Bertz CT molecular complexity index is 467. The van der Waals surface area contributed by atoms with E-state index >= 15 is 0 Å². The molecule has 0 saturated heterocycles. The molecule has 1 N–H and O–H groups in total. The molecule has 0 spiro atoms. The summed E-state index contributed by atoms with van der Waals surface area (Å²) >= 11 is 12.5. The number of halogens is 2. The molecule has 0 aliphatic rings. The first-order valence-corrected chi connectivity index (χ1v) is 5.84. The van der Waals surface area contributed by atoms with Gasteiger partial charge in [0.25, 0.3) is 0 Å². The van der Waals surface area contributed by atoms with Gasteiger partial charge in [0.05, 0.1) is 5.69 Å². The van der Waals surface area contributed by atoms with E-state index in [0.717, 1.165) is 16.8 Å². The lowest BCUT2D eigenvalue weighted by Gasteiger charge is -2.12. The number of nitrogens with one attached hydrogen (secondary N) is 1. The van der Waals surface area contributed by atoms with Crippen LogP contribution in [-0.4, -0.2) is 10.2 Å². The molecule has 2 aromatic rings. The zero-order valence-electron chi connectivity index (χ0n) is 9.09. The monoisotopic (exact) mass is 254 g/mol. The zero-order valence-corrected chi connectivity index (χ0v) is 10.6. The topological polar surface area (TPSA) is 28.7 Å². The lowest BCUT2D eigenvalue weighted by molar-refractivity contribution is 0.867. The minimum atomic E-state index is 0.316. The number of H-pyrrole nitrogens is 1. The second-order valence-corrected chi connectivity index (χ2v) is 4.79. The van der Waals surface area contributed by atoms with Crippen LogP contribution in [0.15, 0.2) is 24.4 Å². The highest BCUT2D eigenvalue weighted by atomic mass is 35.5. The number of hydrogen-bond acceptors (Lipinski definition) is 1. The molecule has 0 saturated carbocycles. The summed E-state index contributed by atoms with van der Waals surface area (Å²) in [5.74, 6) is 0.316. The molecule has 1 aromatic heterocycles. The Morgan fingerprint density at radius 2 is 1.81 bits per heavy atom. The summed E-state index contributed by atoms with van der Waals surface area (Å²) in [7, 11) is 0. The summed E-state index contributed by atoms with van der Waals surface area (Å²) in [5.41, 5.74) is 2.86. The lowest BCUT2D eigenvalue weighted by atomic mass is 10.0. The molecule has 4 heteroatoms. The molecule has 0 bridgehead atoms. The SMILES string of the molecule is CC(C)c1c(Cl)cc(-c2ccn[nH]2)cc1Cl. The number of rotatable bonds is 2. The standard InChI is InChI=1S/C12H12Cl2N2/c1-7(2)12-9(13)5-8(6-10(12)14)11-3-4-15-16-11/h3-7H,1-2H3,(H,15,16). The third-order valence-corrected chi connectivity index (χ3v) is 3.09. The number of benzene rings is 1. The van der Waals surface area contributed by atoms with Gasteiger partial charge in [-0.05, 0) is 29.7 Å². The Labute approximate surface area is 105 Å². The highest BCUT2D eigenvalue weighted by Gasteiger charge is 2.12. The molecule has 0 atom stereocenters. The average molecular weight is 255 g/mol. The summed E-state index contributed by atoms with van der Waals surface area (Å²) in [4.78, 5) is 0. The van der Waals surface area contributed by atoms with Gasteiger partial charge in [-0.3, -0.25) is 5.10 Å². The Balaban J connectivity index is 2.53. The molecule has 0 unspecified atom stereocenters. The van der Waals surface area contributed by atoms with Crippen LogP contribution in [0.4, 0.5) is 0 Å². The van der Waals surface area contributed by atoms with Crippen molar-refractivity contribution in [2.75, 3.05) is 0 Å². The molecular weight excluding hydrogens is 243 g/mol. The minimum absolute atomic E-state index is 0.316. The van der Waals surface area contributed by atoms with E-state index in [0.29, 0.717) is 16.0 Å². The molecule has 1 aromatic carbocycles. The number of nitrogens with zero attached hydrogens (tertiary/aromatic N) is 1. The Morgan fingerprint density at radius 1 is 1.19 bits per heavy atom. The van der Waals surface area contributed by atoms with Gasteiger partial charge in [0.15, 0.2) is 0 Å². The Morgan fingerprint density at radius 3 is 2.25 bits per heavy atom. The fraction of sp³-hybridized carbons (Fsp3) is 0.250. The fourth-order valence-electron chi connectivity index (χ4n) is 1.71. The summed E-state index contributed by atoms with van der Waals surface area (Å²) < 4.78 is 0. The van der Waals surface area contributed by atoms with Crippen molar-refractivity contribution < 1.29 is 0 Å². The van der Waals surface area contributed by atoms with Crippen LogP contribution in [0.2, 0.25) is 10.0 Å². The number of aromatic nitrogens is 2. The molecule has 0 fully saturated rings. The summed E-state index contributed by atoms with van der Waals surface area (Å²) in [5, 5.41) is 8.20. The van der Waals surface area contributed by atoms with Gasteiger partial charge in [-0.2, -0.15) is 5.10 Å². The van der Waals surface area contributed by atoms with Crippen LogP contribution in [0.5, 0.6) is 0 Å². The van der Waals surface area contributed by atoms with Gasteiger partial charge in [0.2, 0.25) is 0 Å². The predicted octanol–water partition coefficient (Wildman–Crippen LogP) is 4.51. The summed E-state index contributed by atoms with van der Waals surface area (Å²) in [6, 6.07) is 5.71. The normalized spacial score (nSPS) is 11.1. The van der Waals surface area contributed by atoms with E-state index in [1.807, 2.05) is 18.2 Å². The van der Waals surface area contributed by atoms with Crippen molar-refractivity contribution in [1.29, 1.82) is 0 Å². The van der Waals surface area contributed by atoms with Gasteiger partial charge in [-0.25, -0.2) is 0 Å². The smallest absolute Gasteiger partial charge is 0.0651 e. The van der Waals surface area contributed by atoms with Crippen LogP contribution < -0.4 is 0 Å². The second kappa shape index (κ2) is 4.48. The van der Waals surface area contributed by atoms with Crippen molar-refractivity contribution in [2.24, 2.45) is 0 Å². The molecule has 2 rings (SSSR count). The van der Waals surface area contributed by atoms with E-state index in [1.54, 1.807) is 6.20 Å². The molecule has 1 heterocycles. The van der Waals surface area contributed by atoms with Crippen LogP contribution in [0.3, 0.4) is 0 Å². The van der Waals surface area contributed by atoms with Crippen LogP contribution in [-0.2, 0) is 0 Å². The maximum absolute atomic E-state index is 6.23. The van der Waals surface area contributed by atoms with Gasteiger partial charge < -0.3 is 0 Å². The van der Waals surface area contributed by atoms with Crippen LogP contribution in [0, 0.1) is 0 Å².